The number of anilines is 1. The summed E-state index contributed by atoms with van der Waals surface area (Å²) in [6.45, 7) is 2.14. The number of hydrogen-bond acceptors (Lipinski definition) is 5. The van der Waals surface area contributed by atoms with Crippen molar-refractivity contribution in [3.05, 3.63) is 54.4 Å². The number of ether oxygens (including phenoxy) is 2. The van der Waals surface area contributed by atoms with Crippen molar-refractivity contribution in [2.75, 3.05) is 25.1 Å². The van der Waals surface area contributed by atoms with Crippen molar-refractivity contribution in [1.82, 2.24) is 10.3 Å². The molecule has 0 bridgehead atoms. The van der Waals surface area contributed by atoms with Crippen molar-refractivity contribution in [3.63, 3.8) is 0 Å². The number of nitrogens with zero attached hydrogens (tertiary/aromatic N) is 1. The van der Waals surface area contributed by atoms with Gasteiger partial charge in [-0.15, -0.1) is 0 Å². The molecule has 4 rings (SSSR count). The third-order valence-electron chi connectivity index (χ3n) is 5.49. The summed E-state index contributed by atoms with van der Waals surface area (Å²) in [5, 5.41) is 6.57. The van der Waals surface area contributed by atoms with Crippen LogP contribution in [0, 0.1) is 5.92 Å². The summed E-state index contributed by atoms with van der Waals surface area (Å²) in [6.07, 6.45) is 5.36. The fraction of sp³-hybridized carbons (Fsp3) is 0.455. The van der Waals surface area contributed by atoms with E-state index in [0.29, 0.717) is 12.4 Å². The van der Waals surface area contributed by atoms with Gasteiger partial charge in [-0.1, -0.05) is 18.2 Å². The van der Waals surface area contributed by atoms with Gasteiger partial charge in [0.05, 0.1) is 25.0 Å². The predicted octanol–water partition coefficient (Wildman–Crippen LogP) is 2.80. The van der Waals surface area contributed by atoms with Crippen LogP contribution >= 0.6 is 0 Å². The summed E-state index contributed by atoms with van der Waals surface area (Å²) >= 11 is 0. The highest BCUT2D eigenvalue weighted by atomic mass is 16.5. The normalized spacial score (nSPS) is 24.2. The number of benzene rings is 1. The smallest absolute Gasteiger partial charge is 0.227 e. The lowest BCUT2D eigenvalue weighted by Gasteiger charge is -2.39. The lowest BCUT2D eigenvalue weighted by Crippen LogP contribution is -2.52. The first kappa shape index (κ1) is 18.9. The molecule has 2 aliphatic rings. The van der Waals surface area contributed by atoms with Crippen molar-refractivity contribution in [3.8, 4) is 5.75 Å². The van der Waals surface area contributed by atoms with E-state index < -0.39 is 0 Å². The summed E-state index contributed by atoms with van der Waals surface area (Å²) < 4.78 is 11.7. The molecule has 2 heterocycles. The summed E-state index contributed by atoms with van der Waals surface area (Å²) in [7, 11) is 0. The summed E-state index contributed by atoms with van der Waals surface area (Å²) in [6, 6.07) is 13.7. The number of fused-ring (bicyclic) bond motifs is 1. The maximum atomic E-state index is 12.8. The lowest BCUT2D eigenvalue weighted by atomic mass is 9.82. The summed E-state index contributed by atoms with van der Waals surface area (Å²) in [4.78, 5) is 17.2. The Morgan fingerprint density at radius 3 is 3.00 bits per heavy atom. The standard InChI is InChI=1S/C22H27N3O3/c26-22(16-8-9-21-19(15-16)24-12-14-28-21)25-18-6-1-2-7-20(18)27-13-10-17-5-3-4-11-23-17/h1-7,11,16,19,21,24H,8-10,12-15H2,(H,25,26)/t16-,19+,21+/m0/s1. The summed E-state index contributed by atoms with van der Waals surface area (Å²) in [5.41, 5.74) is 1.71. The maximum absolute atomic E-state index is 12.8. The number of carbonyl (C=O) groups excluding carboxylic acids is 1. The first-order valence-corrected chi connectivity index (χ1v) is 10.1. The molecule has 1 amide bonds. The maximum Gasteiger partial charge on any atom is 0.227 e. The van der Waals surface area contributed by atoms with Crippen molar-refractivity contribution in [2.45, 2.75) is 37.8 Å². The van der Waals surface area contributed by atoms with E-state index in [1.54, 1.807) is 6.20 Å². The van der Waals surface area contributed by atoms with Gasteiger partial charge in [0.2, 0.25) is 5.91 Å². The molecule has 2 fully saturated rings. The van der Waals surface area contributed by atoms with Gasteiger partial charge >= 0.3 is 0 Å². The zero-order valence-corrected chi connectivity index (χ0v) is 16.0. The lowest BCUT2D eigenvalue weighted by molar-refractivity contribution is -0.123. The van der Waals surface area contributed by atoms with Crippen LogP contribution in [0.4, 0.5) is 5.69 Å². The summed E-state index contributed by atoms with van der Waals surface area (Å²) in [5.74, 6) is 0.753. The number of morpholine rings is 1. The van der Waals surface area contributed by atoms with Gasteiger partial charge in [0.1, 0.15) is 5.75 Å². The van der Waals surface area contributed by atoms with Crippen LogP contribution in [0.1, 0.15) is 25.0 Å². The van der Waals surface area contributed by atoms with Crippen molar-refractivity contribution >= 4 is 11.6 Å². The molecule has 2 N–H and O–H groups in total. The Balaban J connectivity index is 1.33. The average Bonchev–Trinajstić information content (AvgIpc) is 2.75. The zero-order valence-electron chi connectivity index (χ0n) is 16.0. The minimum atomic E-state index is -0.00275. The molecule has 0 spiro atoms. The van der Waals surface area contributed by atoms with E-state index in [4.69, 9.17) is 9.47 Å². The van der Waals surface area contributed by atoms with E-state index in [1.165, 1.54) is 0 Å². The highest BCUT2D eigenvalue weighted by Gasteiger charge is 2.36. The van der Waals surface area contributed by atoms with Gasteiger partial charge in [0.15, 0.2) is 0 Å². The van der Waals surface area contributed by atoms with Crippen LogP contribution in [0.2, 0.25) is 0 Å². The number of nitrogens with one attached hydrogen (secondary N) is 2. The Hall–Kier alpha value is -2.44. The molecule has 1 aliphatic carbocycles. The molecule has 6 nitrogen and oxygen atoms in total. The molecule has 2 aromatic rings. The van der Waals surface area contributed by atoms with Crippen LogP contribution in [0.3, 0.4) is 0 Å². The van der Waals surface area contributed by atoms with E-state index in [0.717, 1.165) is 50.2 Å². The average molecular weight is 381 g/mol. The van der Waals surface area contributed by atoms with Crippen molar-refractivity contribution < 1.29 is 14.3 Å². The number of pyridine rings is 1. The Morgan fingerprint density at radius 2 is 2.11 bits per heavy atom. The van der Waals surface area contributed by atoms with Crippen LogP contribution in [0.5, 0.6) is 5.75 Å². The zero-order chi connectivity index (χ0) is 19.2. The van der Waals surface area contributed by atoms with Crippen LogP contribution in [-0.4, -0.2) is 42.8 Å². The fourth-order valence-corrected chi connectivity index (χ4v) is 3.99. The molecular weight excluding hydrogens is 354 g/mol. The van der Waals surface area contributed by atoms with E-state index in [-0.39, 0.29) is 24.0 Å². The molecule has 1 saturated carbocycles. The molecule has 28 heavy (non-hydrogen) atoms. The van der Waals surface area contributed by atoms with Crippen LogP contribution in [0.15, 0.2) is 48.7 Å². The van der Waals surface area contributed by atoms with E-state index in [9.17, 15) is 4.79 Å². The first-order chi connectivity index (χ1) is 13.8. The largest absolute Gasteiger partial charge is 0.491 e. The number of amides is 1. The second kappa shape index (κ2) is 9.17. The molecule has 1 saturated heterocycles. The Labute approximate surface area is 165 Å². The third-order valence-corrected chi connectivity index (χ3v) is 5.49. The number of carbonyl (C=O) groups is 1. The van der Waals surface area contributed by atoms with Crippen LogP contribution in [0.25, 0.3) is 0 Å². The molecular formula is C22H27N3O3. The molecule has 6 heteroatoms. The number of rotatable bonds is 6. The fourth-order valence-electron chi connectivity index (χ4n) is 3.99. The van der Waals surface area contributed by atoms with Gasteiger partial charge < -0.3 is 20.1 Å². The topological polar surface area (TPSA) is 72.5 Å². The van der Waals surface area contributed by atoms with Gasteiger partial charge in [-0.3, -0.25) is 9.78 Å². The third kappa shape index (κ3) is 4.69. The predicted molar refractivity (Wildman–Crippen MR) is 107 cm³/mol. The number of hydrogen-bond donors (Lipinski definition) is 2. The van der Waals surface area contributed by atoms with Crippen molar-refractivity contribution in [2.24, 2.45) is 5.92 Å². The van der Waals surface area contributed by atoms with E-state index >= 15 is 0 Å². The van der Waals surface area contributed by atoms with Crippen LogP contribution in [-0.2, 0) is 16.0 Å². The highest BCUT2D eigenvalue weighted by molar-refractivity contribution is 5.94. The number of aromatic nitrogens is 1. The molecule has 0 radical (unpaired) electrons. The molecule has 1 aromatic heterocycles. The quantitative estimate of drug-likeness (QED) is 0.805. The minimum absolute atomic E-state index is 0.00275. The van der Waals surface area contributed by atoms with E-state index in [2.05, 4.69) is 15.6 Å². The Bertz CT molecular complexity index is 784. The van der Waals surface area contributed by atoms with Gasteiger partial charge in [-0.25, -0.2) is 0 Å². The molecule has 148 valence electrons. The molecule has 3 atom stereocenters. The SMILES string of the molecule is O=C(Nc1ccccc1OCCc1ccccn1)[C@H]1CC[C@H]2OCCN[C@@H]2C1. The van der Waals surface area contributed by atoms with Gasteiger partial charge in [-0.05, 0) is 43.5 Å². The molecule has 0 unspecified atom stereocenters. The van der Waals surface area contributed by atoms with E-state index in [1.807, 2.05) is 42.5 Å². The van der Waals surface area contributed by atoms with Gasteiger partial charge in [-0.2, -0.15) is 0 Å². The second-order valence-electron chi connectivity index (χ2n) is 7.38. The Morgan fingerprint density at radius 1 is 1.21 bits per heavy atom. The molecule has 1 aliphatic heterocycles. The first-order valence-electron chi connectivity index (χ1n) is 10.1. The monoisotopic (exact) mass is 381 g/mol. The minimum Gasteiger partial charge on any atom is -0.491 e. The molecule has 1 aromatic carbocycles. The van der Waals surface area contributed by atoms with Gasteiger partial charge in [0, 0.05) is 36.8 Å². The number of para-hydroxylation sites is 2. The van der Waals surface area contributed by atoms with Gasteiger partial charge in [0.25, 0.3) is 0 Å². The van der Waals surface area contributed by atoms with Crippen LogP contribution < -0.4 is 15.4 Å². The highest BCUT2D eigenvalue weighted by Crippen LogP contribution is 2.31. The van der Waals surface area contributed by atoms with Crippen molar-refractivity contribution in [1.29, 1.82) is 0 Å². The second-order valence-corrected chi connectivity index (χ2v) is 7.38. The Kier molecular flexibility index (Phi) is 6.19.